The average Bonchev–Trinajstić information content (AvgIpc) is 3.08. The van der Waals surface area contributed by atoms with E-state index in [4.69, 9.17) is 0 Å². The van der Waals surface area contributed by atoms with Crippen molar-refractivity contribution in [3.63, 3.8) is 0 Å². The Morgan fingerprint density at radius 2 is 2.07 bits per heavy atom. The highest BCUT2D eigenvalue weighted by Crippen LogP contribution is 2.33. The Kier molecular flexibility index (Phi) is 3.08. The highest BCUT2D eigenvalue weighted by molar-refractivity contribution is 5.20. The molecular formula is C13H19NO. The number of hydrogen-bond acceptors (Lipinski definition) is 2. The smallest absolute Gasteiger partial charge is 0.0705 e. The van der Waals surface area contributed by atoms with Crippen molar-refractivity contribution in [2.45, 2.75) is 38.5 Å². The molecule has 1 heterocycles. The van der Waals surface area contributed by atoms with Crippen LogP contribution in [0.5, 0.6) is 0 Å². The van der Waals surface area contributed by atoms with Crippen molar-refractivity contribution in [1.82, 2.24) is 4.90 Å². The van der Waals surface area contributed by atoms with E-state index >= 15 is 0 Å². The van der Waals surface area contributed by atoms with Gasteiger partial charge in [0.25, 0.3) is 0 Å². The van der Waals surface area contributed by atoms with E-state index in [9.17, 15) is 5.11 Å². The van der Waals surface area contributed by atoms with Crippen LogP contribution in [0.25, 0.3) is 0 Å². The molecule has 82 valence electrons. The third-order valence-corrected chi connectivity index (χ3v) is 3.33. The van der Waals surface area contributed by atoms with Crippen LogP contribution in [0, 0.1) is 0 Å². The number of nitrogens with zero attached hydrogens (tertiary/aromatic N) is 1. The van der Waals surface area contributed by atoms with Crippen molar-refractivity contribution in [1.29, 1.82) is 0 Å². The second-order valence-corrected chi connectivity index (χ2v) is 4.33. The Morgan fingerprint density at radius 1 is 1.40 bits per heavy atom. The van der Waals surface area contributed by atoms with Gasteiger partial charge in [-0.25, -0.2) is 0 Å². The van der Waals surface area contributed by atoms with Crippen molar-refractivity contribution in [3.05, 3.63) is 35.9 Å². The Bertz CT molecular complexity index is 312. The Labute approximate surface area is 91.5 Å². The summed E-state index contributed by atoms with van der Waals surface area (Å²) >= 11 is 0. The molecule has 1 aliphatic rings. The van der Waals surface area contributed by atoms with Crippen molar-refractivity contribution < 1.29 is 5.11 Å². The summed E-state index contributed by atoms with van der Waals surface area (Å²) in [6.45, 7) is 5.27. The Balaban J connectivity index is 1.97. The van der Waals surface area contributed by atoms with Gasteiger partial charge in [-0.05, 0) is 18.9 Å². The minimum absolute atomic E-state index is 0.156. The number of rotatable bonds is 4. The van der Waals surface area contributed by atoms with Gasteiger partial charge in [0, 0.05) is 18.6 Å². The zero-order valence-corrected chi connectivity index (χ0v) is 9.43. The van der Waals surface area contributed by atoms with Crippen LogP contribution in [-0.4, -0.2) is 28.7 Å². The molecule has 4 atom stereocenters. The molecule has 15 heavy (non-hydrogen) atoms. The molecule has 1 saturated heterocycles. The molecule has 0 aromatic heterocycles. The van der Waals surface area contributed by atoms with Crippen molar-refractivity contribution in [3.8, 4) is 0 Å². The van der Waals surface area contributed by atoms with Gasteiger partial charge in [-0.15, -0.1) is 0 Å². The third-order valence-electron chi connectivity index (χ3n) is 3.33. The molecular weight excluding hydrogens is 186 g/mol. The molecule has 1 aromatic rings. The maximum Gasteiger partial charge on any atom is 0.0705 e. The summed E-state index contributed by atoms with van der Waals surface area (Å²) in [5, 5.41) is 9.72. The number of aliphatic hydroxyl groups excluding tert-OH is 1. The van der Waals surface area contributed by atoms with Gasteiger partial charge >= 0.3 is 0 Å². The predicted octanol–water partition coefficient (Wildman–Crippen LogP) is 2.20. The molecule has 0 spiro atoms. The van der Waals surface area contributed by atoms with E-state index < -0.39 is 0 Å². The SMILES string of the molecule is CC[C@H](O)[C@@H]1CN1[C@H](C)c1ccccc1. The van der Waals surface area contributed by atoms with E-state index in [1.165, 1.54) is 5.56 Å². The van der Waals surface area contributed by atoms with Gasteiger partial charge in [0.1, 0.15) is 0 Å². The summed E-state index contributed by atoms with van der Waals surface area (Å²) in [6.07, 6.45) is 0.694. The zero-order chi connectivity index (χ0) is 10.8. The quantitative estimate of drug-likeness (QED) is 0.762. The van der Waals surface area contributed by atoms with Crippen LogP contribution in [-0.2, 0) is 0 Å². The summed E-state index contributed by atoms with van der Waals surface area (Å²) in [5.74, 6) is 0. The summed E-state index contributed by atoms with van der Waals surface area (Å²) in [4.78, 5) is 2.35. The van der Waals surface area contributed by atoms with Crippen LogP contribution in [0.3, 0.4) is 0 Å². The minimum Gasteiger partial charge on any atom is -0.391 e. The maximum absolute atomic E-state index is 9.72. The molecule has 0 bridgehead atoms. The van der Waals surface area contributed by atoms with Crippen LogP contribution in [0.1, 0.15) is 31.9 Å². The van der Waals surface area contributed by atoms with Gasteiger partial charge in [-0.1, -0.05) is 37.3 Å². The normalized spacial score (nSPS) is 28.5. The summed E-state index contributed by atoms with van der Waals surface area (Å²) < 4.78 is 0. The van der Waals surface area contributed by atoms with Gasteiger partial charge in [0.2, 0.25) is 0 Å². The molecule has 1 aromatic carbocycles. The first-order valence-electron chi connectivity index (χ1n) is 5.72. The van der Waals surface area contributed by atoms with Gasteiger partial charge in [0.05, 0.1) is 6.10 Å². The van der Waals surface area contributed by atoms with E-state index in [-0.39, 0.29) is 6.10 Å². The van der Waals surface area contributed by atoms with E-state index in [1.807, 2.05) is 13.0 Å². The Morgan fingerprint density at radius 3 is 2.67 bits per heavy atom. The van der Waals surface area contributed by atoms with Gasteiger partial charge in [0.15, 0.2) is 0 Å². The van der Waals surface area contributed by atoms with Crippen molar-refractivity contribution in [2.24, 2.45) is 0 Å². The lowest BCUT2D eigenvalue weighted by Gasteiger charge is -2.16. The van der Waals surface area contributed by atoms with Crippen molar-refractivity contribution >= 4 is 0 Å². The lowest BCUT2D eigenvalue weighted by molar-refractivity contribution is 0.145. The predicted molar refractivity (Wildman–Crippen MR) is 61.6 cm³/mol. The molecule has 2 nitrogen and oxygen atoms in total. The van der Waals surface area contributed by atoms with Crippen LogP contribution in [0.4, 0.5) is 0 Å². The third kappa shape index (κ3) is 2.21. The van der Waals surface area contributed by atoms with Gasteiger partial charge in [-0.3, -0.25) is 4.90 Å². The summed E-state index contributed by atoms with van der Waals surface area (Å²) in [6, 6.07) is 11.3. The van der Waals surface area contributed by atoms with Crippen LogP contribution < -0.4 is 0 Å². The molecule has 1 aliphatic heterocycles. The molecule has 0 radical (unpaired) electrons. The molecule has 1 unspecified atom stereocenters. The minimum atomic E-state index is -0.156. The lowest BCUT2D eigenvalue weighted by atomic mass is 10.1. The number of benzene rings is 1. The molecule has 0 saturated carbocycles. The van der Waals surface area contributed by atoms with Crippen LogP contribution >= 0.6 is 0 Å². The molecule has 2 rings (SSSR count). The first-order chi connectivity index (χ1) is 7.24. The molecule has 0 aliphatic carbocycles. The van der Waals surface area contributed by atoms with Gasteiger partial charge in [-0.2, -0.15) is 0 Å². The fraction of sp³-hybridized carbons (Fsp3) is 0.538. The number of aliphatic hydroxyl groups is 1. The fourth-order valence-electron chi connectivity index (χ4n) is 2.15. The first-order valence-corrected chi connectivity index (χ1v) is 5.72. The average molecular weight is 205 g/mol. The first kappa shape index (κ1) is 10.7. The topological polar surface area (TPSA) is 23.2 Å². The molecule has 1 N–H and O–H groups in total. The zero-order valence-electron chi connectivity index (χ0n) is 9.43. The van der Waals surface area contributed by atoms with E-state index in [1.54, 1.807) is 0 Å². The highest BCUT2D eigenvalue weighted by atomic mass is 16.3. The lowest BCUT2D eigenvalue weighted by Crippen LogP contribution is -2.19. The van der Waals surface area contributed by atoms with E-state index in [2.05, 4.69) is 36.1 Å². The molecule has 0 amide bonds. The standard InChI is InChI=1S/C13H19NO/c1-3-13(15)12-9-14(12)10(2)11-7-5-4-6-8-11/h4-8,10,12-13,15H,3,9H2,1-2H3/t10-,12+,13+,14?/m1/s1. The Hall–Kier alpha value is -0.860. The monoisotopic (exact) mass is 205 g/mol. The van der Waals surface area contributed by atoms with Gasteiger partial charge < -0.3 is 5.11 Å². The second-order valence-electron chi connectivity index (χ2n) is 4.33. The number of hydrogen-bond donors (Lipinski definition) is 1. The van der Waals surface area contributed by atoms with Crippen molar-refractivity contribution in [2.75, 3.05) is 6.54 Å². The largest absolute Gasteiger partial charge is 0.391 e. The van der Waals surface area contributed by atoms with Crippen LogP contribution in [0.2, 0.25) is 0 Å². The highest BCUT2D eigenvalue weighted by Gasteiger charge is 2.42. The summed E-state index contributed by atoms with van der Waals surface area (Å²) in [7, 11) is 0. The molecule has 1 fully saturated rings. The summed E-state index contributed by atoms with van der Waals surface area (Å²) in [5.41, 5.74) is 1.34. The fourth-order valence-corrected chi connectivity index (χ4v) is 2.15. The van der Waals surface area contributed by atoms with E-state index in [0.717, 1.165) is 13.0 Å². The molecule has 2 heteroatoms. The maximum atomic E-state index is 9.72. The van der Waals surface area contributed by atoms with Crippen LogP contribution in [0.15, 0.2) is 30.3 Å². The second kappa shape index (κ2) is 4.33. The van der Waals surface area contributed by atoms with E-state index in [0.29, 0.717) is 12.1 Å².